The molecular formula is C19H21N5O2. The third-order valence-electron chi connectivity index (χ3n) is 4.58. The second kappa shape index (κ2) is 6.40. The van der Waals surface area contributed by atoms with Crippen LogP contribution in [-0.2, 0) is 17.9 Å². The van der Waals surface area contributed by atoms with Crippen molar-refractivity contribution in [2.75, 3.05) is 4.90 Å². The average molecular weight is 351 g/mol. The number of rotatable bonds is 6. The van der Waals surface area contributed by atoms with Gasteiger partial charge in [0.05, 0.1) is 18.8 Å². The van der Waals surface area contributed by atoms with E-state index < -0.39 is 0 Å². The number of oxazole rings is 1. The standard InChI is InChI=1S/C19H21N5O2/c1-4-18(25)23(11-16-12(3)21-24(5-2)22-16)14-8-9-17-15(10-14)20-19(26-17)13-6-7-13/h4,8-10,13H,1,5-7,11H2,2-3H3. The van der Waals surface area contributed by atoms with Crippen LogP contribution < -0.4 is 4.90 Å². The predicted octanol–water partition coefficient (Wildman–Crippen LogP) is 3.34. The predicted molar refractivity (Wildman–Crippen MR) is 97.8 cm³/mol. The van der Waals surface area contributed by atoms with E-state index in [0.717, 1.165) is 46.9 Å². The molecule has 134 valence electrons. The Morgan fingerprint density at radius 3 is 2.88 bits per heavy atom. The molecule has 1 saturated carbocycles. The van der Waals surface area contributed by atoms with Gasteiger partial charge in [0.15, 0.2) is 11.5 Å². The maximum Gasteiger partial charge on any atom is 0.250 e. The van der Waals surface area contributed by atoms with Crippen molar-refractivity contribution >= 4 is 22.7 Å². The van der Waals surface area contributed by atoms with E-state index in [1.807, 2.05) is 32.0 Å². The topological polar surface area (TPSA) is 77.0 Å². The molecule has 0 spiro atoms. The number of carbonyl (C=O) groups excluding carboxylic acids is 1. The van der Waals surface area contributed by atoms with Crippen LogP contribution in [0.1, 0.15) is 43.0 Å². The quantitative estimate of drug-likeness (QED) is 0.637. The fraction of sp³-hybridized carbons (Fsp3) is 0.368. The molecule has 1 aliphatic rings. The normalized spacial score (nSPS) is 13.9. The minimum atomic E-state index is -0.194. The largest absolute Gasteiger partial charge is 0.440 e. The van der Waals surface area contributed by atoms with Crippen molar-refractivity contribution in [1.82, 2.24) is 20.0 Å². The average Bonchev–Trinajstić information content (AvgIpc) is 3.32. The summed E-state index contributed by atoms with van der Waals surface area (Å²) in [5, 5.41) is 8.81. The molecule has 0 atom stereocenters. The van der Waals surface area contributed by atoms with Gasteiger partial charge in [0.25, 0.3) is 5.91 Å². The van der Waals surface area contributed by atoms with Crippen LogP contribution in [-0.4, -0.2) is 25.9 Å². The van der Waals surface area contributed by atoms with Crippen molar-refractivity contribution in [3.05, 3.63) is 48.1 Å². The summed E-state index contributed by atoms with van der Waals surface area (Å²) in [6.45, 7) is 8.51. The lowest BCUT2D eigenvalue weighted by atomic mass is 10.2. The summed E-state index contributed by atoms with van der Waals surface area (Å²) in [6, 6.07) is 5.61. The Balaban J connectivity index is 1.69. The molecule has 0 N–H and O–H groups in total. The Labute approximate surface area is 151 Å². The van der Waals surface area contributed by atoms with E-state index in [-0.39, 0.29) is 5.91 Å². The zero-order valence-electron chi connectivity index (χ0n) is 15.0. The summed E-state index contributed by atoms with van der Waals surface area (Å²) in [6.07, 6.45) is 3.57. The van der Waals surface area contributed by atoms with Gasteiger partial charge in [-0.1, -0.05) is 6.58 Å². The Bertz CT molecular complexity index is 983. The zero-order valence-corrected chi connectivity index (χ0v) is 15.0. The van der Waals surface area contributed by atoms with Gasteiger partial charge in [-0.25, -0.2) is 4.98 Å². The SMILES string of the molecule is C=CC(=O)N(Cc1nn(CC)nc1C)c1ccc2oc(C3CC3)nc2c1. The van der Waals surface area contributed by atoms with Crippen molar-refractivity contribution in [2.24, 2.45) is 0 Å². The number of amides is 1. The minimum Gasteiger partial charge on any atom is -0.440 e. The van der Waals surface area contributed by atoms with Crippen LogP contribution in [0.3, 0.4) is 0 Å². The smallest absolute Gasteiger partial charge is 0.250 e. The lowest BCUT2D eigenvalue weighted by molar-refractivity contribution is -0.114. The number of nitrogens with zero attached hydrogens (tertiary/aromatic N) is 5. The number of aryl methyl sites for hydroxylation is 2. The fourth-order valence-corrected chi connectivity index (χ4v) is 2.92. The lowest BCUT2D eigenvalue weighted by Gasteiger charge is -2.20. The molecule has 0 bridgehead atoms. The molecule has 2 aromatic heterocycles. The van der Waals surface area contributed by atoms with Crippen molar-refractivity contribution in [3.63, 3.8) is 0 Å². The van der Waals surface area contributed by atoms with Gasteiger partial charge >= 0.3 is 0 Å². The van der Waals surface area contributed by atoms with Crippen LogP contribution in [0.5, 0.6) is 0 Å². The summed E-state index contributed by atoms with van der Waals surface area (Å²) in [7, 11) is 0. The molecule has 0 unspecified atom stereocenters. The molecule has 1 amide bonds. The number of anilines is 1. The number of fused-ring (bicyclic) bond motifs is 1. The fourth-order valence-electron chi connectivity index (χ4n) is 2.92. The molecular weight excluding hydrogens is 330 g/mol. The first-order valence-corrected chi connectivity index (χ1v) is 8.84. The highest BCUT2D eigenvalue weighted by molar-refractivity contribution is 6.01. The van der Waals surface area contributed by atoms with Crippen molar-refractivity contribution in [1.29, 1.82) is 0 Å². The number of aromatic nitrogens is 4. The number of hydrogen-bond donors (Lipinski definition) is 0. The van der Waals surface area contributed by atoms with Gasteiger partial charge in [-0.2, -0.15) is 15.0 Å². The van der Waals surface area contributed by atoms with E-state index in [2.05, 4.69) is 21.8 Å². The van der Waals surface area contributed by atoms with E-state index in [1.54, 1.807) is 9.70 Å². The van der Waals surface area contributed by atoms with E-state index in [9.17, 15) is 4.79 Å². The monoisotopic (exact) mass is 351 g/mol. The summed E-state index contributed by atoms with van der Waals surface area (Å²) in [5.74, 6) is 1.05. The highest BCUT2D eigenvalue weighted by Crippen LogP contribution is 2.40. The third kappa shape index (κ3) is 3.00. The number of hydrogen-bond acceptors (Lipinski definition) is 5. The molecule has 0 saturated heterocycles. The summed E-state index contributed by atoms with van der Waals surface area (Å²) < 4.78 is 5.81. The molecule has 0 radical (unpaired) electrons. The molecule has 26 heavy (non-hydrogen) atoms. The first-order chi connectivity index (χ1) is 12.6. The van der Waals surface area contributed by atoms with Gasteiger partial charge in [0.2, 0.25) is 0 Å². The second-order valence-electron chi connectivity index (χ2n) is 6.53. The van der Waals surface area contributed by atoms with Crippen LogP contribution >= 0.6 is 0 Å². The number of benzene rings is 1. The molecule has 7 nitrogen and oxygen atoms in total. The summed E-state index contributed by atoms with van der Waals surface area (Å²) >= 11 is 0. The van der Waals surface area contributed by atoms with Gasteiger partial charge in [-0.15, -0.1) is 0 Å². The maximum absolute atomic E-state index is 12.5. The van der Waals surface area contributed by atoms with E-state index >= 15 is 0 Å². The van der Waals surface area contributed by atoms with Gasteiger partial charge in [0, 0.05) is 11.6 Å². The molecule has 4 rings (SSSR count). The van der Waals surface area contributed by atoms with Crippen LogP contribution in [0, 0.1) is 6.92 Å². The van der Waals surface area contributed by atoms with Crippen LogP contribution in [0.25, 0.3) is 11.1 Å². The van der Waals surface area contributed by atoms with Crippen LogP contribution in [0.15, 0.2) is 35.3 Å². The highest BCUT2D eigenvalue weighted by Gasteiger charge is 2.29. The molecule has 1 aromatic carbocycles. The van der Waals surface area contributed by atoms with Crippen molar-refractivity contribution in [2.45, 2.75) is 45.7 Å². The van der Waals surface area contributed by atoms with Crippen molar-refractivity contribution < 1.29 is 9.21 Å². The Morgan fingerprint density at radius 1 is 1.42 bits per heavy atom. The minimum absolute atomic E-state index is 0.194. The first-order valence-electron chi connectivity index (χ1n) is 8.84. The Morgan fingerprint density at radius 2 is 2.23 bits per heavy atom. The summed E-state index contributed by atoms with van der Waals surface area (Å²) in [4.78, 5) is 20.3. The number of carbonyl (C=O) groups is 1. The maximum atomic E-state index is 12.5. The van der Waals surface area contributed by atoms with Crippen molar-refractivity contribution in [3.8, 4) is 0 Å². The third-order valence-corrected chi connectivity index (χ3v) is 4.58. The zero-order chi connectivity index (χ0) is 18.3. The van der Waals surface area contributed by atoms with E-state index in [4.69, 9.17) is 4.42 Å². The molecule has 2 heterocycles. The highest BCUT2D eigenvalue weighted by atomic mass is 16.3. The molecule has 7 heteroatoms. The second-order valence-corrected chi connectivity index (χ2v) is 6.53. The lowest BCUT2D eigenvalue weighted by Crippen LogP contribution is -2.29. The Hall–Kier alpha value is -2.96. The van der Waals surface area contributed by atoms with Gasteiger partial charge in [-0.3, -0.25) is 4.79 Å². The van der Waals surface area contributed by atoms with E-state index in [1.165, 1.54) is 6.08 Å². The molecule has 1 aliphatic carbocycles. The van der Waals surface area contributed by atoms with Crippen LogP contribution in [0.4, 0.5) is 5.69 Å². The van der Waals surface area contributed by atoms with Crippen LogP contribution in [0.2, 0.25) is 0 Å². The van der Waals surface area contributed by atoms with E-state index in [0.29, 0.717) is 19.0 Å². The van der Waals surface area contributed by atoms with Gasteiger partial charge in [0.1, 0.15) is 11.2 Å². The molecule has 3 aromatic rings. The summed E-state index contributed by atoms with van der Waals surface area (Å²) in [5.41, 5.74) is 3.83. The first kappa shape index (κ1) is 16.5. The molecule has 1 fully saturated rings. The van der Waals surface area contributed by atoms with Gasteiger partial charge in [-0.05, 0) is 51.0 Å². The Kier molecular flexibility index (Phi) is 4.06. The van der Waals surface area contributed by atoms with Gasteiger partial charge < -0.3 is 9.32 Å². The molecule has 0 aliphatic heterocycles.